The third-order valence-electron chi connectivity index (χ3n) is 7.27. The molecule has 0 bridgehead atoms. The molecule has 5 nitrogen and oxygen atoms in total. The standard InChI is InChI=1S/C30H32FNO4/c1-19(32-13-12-21(16-31)17-32)18-35-26-9-6-22(7-10-26)30-29(23-4-3-5-24(33)14-23)20(2)27-15-25(34)8-11-28(27)36-30/h3-11,14-15,19,21,30,33-34H,12-13,16-18H2,1-2H3/t19-,21-,30-/m0/s1. The Hall–Kier alpha value is -3.51. The molecular weight excluding hydrogens is 457 g/mol. The summed E-state index contributed by atoms with van der Waals surface area (Å²) < 4.78 is 25.5. The highest BCUT2D eigenvalue weighted by atomic mass is 19.1. The number of hydrogen-bond donors (Lipinski definition) is 2. The predicted octanol–water partition coefficient (Wildman–Crippen LogP) is 6.22. The number of phenols is 2. The molecule has 2 aliphatic rings. The highest BCUT2D eigenvalue weighted by Gasteiger charge is 2.30. The minimum absolute atomic E-state index is 0.147. The molecule has 1 saturated heterocycles. The van der Waals surface area contributed by atoms with Crippen LogP contribution in [-0.2, 0) is 0 Å². The quantitative estimate of drug-likeness (QED) is 0.413. The van der Waals surface area contributed by atoms with Gasteiger partial charge in [0.25, 0.3) is 0 Å². The molecule has 0 saturated carbocycles. The van der Waals surface area contributed by atoms with Crippen molar-refractivity contribution >= 4 is 11.1 Å². The number of likely N-dealkylation sites (tertiary alicyclic amines) is 1. The van der Waals surface area contributed by atoms with E-state index in [1.54, 1.807) is 30.3 Å². The zero-order valence-electron chi connectivity index (χ0n) is 20.7. The van der Waals surface area contributed by atoms with Crippen molar-refractivity contribution in [2.45, 2.75) is 32.4 Å². The van der Waals surface area contributed by atoms with E-state index >= 15 is 0 Å². The van der Waals surface area contributed by atoms with Crippen LogP contribution in [0.1, 0.15) is 43.1 Å². The summed E-state index contributed by atoms with van der Waals surface area (Å²) in [6.45, 7) is 6.14. The minimum Gasteiger partial charge on any atom is -0.508 e. The number of phenolic OH excluding ortho intramolecular Hbond substituents is 2. The van der Waals surface area contributed by atoms with Crippen LogP contribution in [0.15, 0.2) is 66.7 Å². The average Bonchev–Trinajstić information content (AvgIpc) is 3.37. The van der Waals surface area contributed by atoms with Crippen LogP contribution in [0.4, 0.5) is 4.39 Å². The third-order valence-corrected chi connectivity index (χ3v) is 7.27. The molecule has 5 rings (SSSR count). The number of aromatic hydroxyl groups is 2. The molecule has 6 heteroatoms. The van der Waals surface area contributed by atoms with Gasteiger partial charge in [0.1, 0.15) is 35.7 Å². The minimum atomic E-state index is -0.390. The van der Waals surface area contributed by atoms with Crippen LogP contribution >= 0.6 is 0 Å². The lowest BCUT2D eigenvalue weighted by Gasteiger charge is -2.31. The molecule has 2 N–H and O–H groups in total. The van der Waals surface area contributed by atoms with E-state index in [9.17, 15) is 14.6 Å². The Kier molecular flexibility index (Phi) is 6.88. The summed E-state index contributed by atoms with van der Waals surface area (Å²) in [6, 6.07) is 20.4. The topological polar surface area (TPSA) is 62.2 Å². The lowest BCUT2D eigenvalue weighted by Crippen LogP contribution is -2.35. The monoisotopic (exact) mass is 489 g/mol. The van der Waals surface area contributed by atoms with Gasteiger partial charge in [-0.15, -0.1) is 0 Å². The average molecular weight is 490 g/mol. The molecule has 2 heterocycles. The van der Waals surface area contributed by atoms with Gasteiger partial charge in [0, 0.05) is 29.6 Å². The lowest BCUT2D eigenvalue weighted by atomic mass is 9.86. The summed E-state index contributed by atoms with van der Waals surface area (Å²) in [5, 5.41) is 20.2. The van der Waals surface area contributed by atoms with Crippen LogP contribution < -0.4 is 9.47 Å². The Bertz CT molecular complexity index is 1260. The second kappa shape index (κ2) is 10.2. The second-order valence-corrected chi connectivity index (χ2v) is 9.80. The van der Waals surface area contributed by atoms with Crippen LogP contribution in [0.5, 0.6) is 23.0 Å². The van der Waals surface area contributed by atoms with Gasteiger partial charge in [0.15, 0.2) is 0 Å². The normalized spacial score (nSPS) is 20.6. The van der Waals surface area contributed by atoms with Crippen LogP contribution in [0.3, 0.4) is 0 Å². The highest BCUT2D eigenvalue weighted by molar-refractivity contribution is 5.95. The van der Waals surface area contributed by atoms with E-state index in [0.29, 0.717) is 12.4 Å². The van der Waals surface area contributed by atoms with Crippen LogP contribution in [0.25, 0.3) is 11.1 Å². The van der Waals surface area contributed by atoms with Crippen LogP contribution in [0, 0.1) is 5.92 Å². The molecular formula is C30H32FNO4. The number of fused-ring (bicyclic) bond motifs is 1. The molecule has 1 fully saturated rings. The Morgan fingerprint density at radius 2 is 1.83 bits per heavy atom. The van der Waals surface area contributed by atoms with Crippen molar-refractivity contribution in [3.63, 3.8) is 0 Å². The molecule has 0 amide bonds. The van der Waals surface area contributed by atoms with Crippen molar-refractivity contribution in [2.75, 3.05) is 26.4 Å². The summed E-state index contributed by atoms with van der Waals surface area (Å²) in [5.74, 6) is 1.98. The fraction of sp³-hybridized carbons (Fsp3) is 0.333. The van der Waals surface area contributed by atoms with Crippen molar-refractivity contribution in [3.8, 4) is 23.0 Å². The Morgan fingerprint density at radius 1 is 1.06 bits per heavy atom. The molecule has 0 spiro atoms. The smallest absolute Gasteiger partial charge is 0.150 e. The van der Waals surface area contributed by atoms with Crippen molar-refractivity contribution in [3.05, 3.63) is 83.4 Å². The van der Waals surface area contributed by atoms with Crippen molar-refractivity contribution in [2.24, 2.45) is 5.92 Å². The number of allylic oxidation sites excluding steroid dienone is 1. The van der Waals surface area contributed by atoms with Crippen molar-refractivity contribution in [1.82, 2.24) is 4.90 Å². The molecule has 2 aliphatic heterocycles. The summed E-state index contributed by atoms with van der Waals surface area (Å²) in [6.07, 6.45) is 0.521. The van der Waals surface area contributed by atoms with Gasteiger partial charge in [-0.3, -0.25) is 9.29 Å². The van der Waals surface area contributed by atoms with E-state index < -0.39 is 0 Å². The van der Waals surface area contributed by atoms with Crippen molar-refractivity contribution < 1.29 is 24.1 Å². The van der Waals surface area contributed by atoms with E-state index in [0.717, 1.165) is 53.1 Å². The molecule has 0 aliphatic carbocycles. The van der Waals surface area contributed by atoms with Gasteiger partial charge in [0.05, 0.1) is 6.67 Å². The predicted molar refractivity (Wildman–Crippen MR) is 139 cm³/mol. The first kappa shape index (κ1) is 24.2. The first-order valence-electron chi connectivity index (χ1n) is 12.5. The fourth-order valence-electron chi connectivity index (χ4n) is 5.17. The summed E-state index contributed by atoms with van der Waals surface area (Å²) in [4.78, 5) is 2.29. The number of rotatable bonds is 7. The van der Waals surface area contributed by atoms with Gasteiger partial charge >= 0.3 is 0 Å². The van der Waals surface area contributed by atoms with E-state index in [2.05, 4.69) is 11.8 Å². The molecule has 3 aromatic carbocycles. The Labute approximate surface area is 211 Å². The maximum Gasteiger partial charge on any atom is 0.150 e. The lowest BCUT2D eigenvalue weighted by molar-refractivity contribution is 0.165. The van der Waals surface area contributed by atoms with E-state index in [1.807, 2.05) is 43.3 Å². The maximum absolute atomic E-state index is 13.0. The van der Waals surface area contributed by atoms with Gasteiger partial charge in [-0.1, -0.05) is 24.3 Å². The van der Waals surface area contributed by atoms with Gasteiger partial charge in [-0.2, -0.15) is 0 Å². The van der Waals surface area contributed by atoms with Crippen LogP contribution in [-0.4, -0.2) is 47.5 Å². The second-order valence-electron chi connectivity index (χ2n) is 9.80. The third kappa shape index (κ3) is 4.91. The molecule has 36 heavy (non-hydrogen) atoms. The van der Waals surface area contributed by atoms with Gasteiger partial charge in [-0.25, -0.2) is 0 Å². The van der Waals surface area contributed by atoms with Gasteiger partial charge in [-0.05, 0) is 86.0 Å². The fourth-order valence-corrected chi connectivity index (χ4v) is 5.17. The highest BCUT2D eigenvalue weighted by Crippen LogP contribution is 2.47. The summed E-state index contributed by atoms with van der Waals surface area (Å²) in [5.41, 5.74) is 4.56. The largest absolute Gasteiger partial charge is 0.508 e. The number of ether oxygens (including phenoxy) is 2. The van der Waals surface area contributed by atoms with E-state index in [4.69, 9.17) is 9.47 Å². The van der Waals surface area contributed by atoms with Gasteiger partial charge in [0.2, 0.25) is 0 Å². The molecule has 0 aromatic heterocycles. The van der Waals surface area contributed by atoms with Gasteiger partial charge < -0.3 is 19.7 Å². The Balaban J connectivity index is 1.38. The summed E-state index contributed by atoms with van der Waals surface area (Å²) >= 11 is 0. The SMILES string of the molecule is CC1=C(c2cccc(O)c2)[C@H](c2ccc(OC[C@H](C)N3CC[C@@H](CF)C3)cc2)Oc2ccc(O)cc21. The maximum atomic E-state index is 13.0. The molecule has 0 radical (unpaired) electrons. The molecule has 3 atom stereocenters. The molecule has 3 aromatic rings. The van der Waals surface area contributed by atoms with Crippen LogP contribution in [0.2, 0.25) is 0 Å². The zero-order valence-corrected chi connectivity index (χ0v) is 20.7. The number of halogens is 1. The number of nitrogens with zero attached hydrogens (tertiary/aromatic N) is 1. The first-order valence-corrected chi connectivity index (χ1v) is 12.5. The number of hydrogen-bond acceptors (Lipinski definition) is 5. The molecule has 188 valence electrons. The summed E-state index contributed by atoms with van der Waals surface area (Å²) in [7, 11) is 0. The van der Waals surface area contributed by atoms with Crippen molar-refractivity contribution in [1.29, 1.82) is 0 Å². The Morgan fingerprint density at radius 3 is 2.56 bits per heavy atom. The molecule has 0 unspecified atom stereocenters. The van der Waals surface area contributed by atoms with E-state index in [-0.39, 0.29) is 36.2 Å². The zero-order chi connectivity index (χ0) is 25.2. The number of benzene rings is 3. The number of alkyl halides is 1. The first-order chi connectivity index (χ1) is 17.4. The van der Waals surface area contributed by atoms with E-state index in [1.165, 1.54) is 0 Å².